The summed E-state index contributed by atoms with van der Waals surface area (Å²) in [4.78, 5) is 22.6. The first-order chi connectivity index (χ1) is 10.7. The minimum atomic E-state index is -0.409. The fraction of sp³-hybridized carbons (Fsp3) is 0.778. The highest BCUT2D eigenvalue weighted by atomic mass is 16.5. The summed E-state index contributed by atoms with van der Waals surface area (Å²) in [5, 5.41) is 2.63. The van der Waals surface area contributed by atoms with Gasteiger partial charge in [-0.25, -0.2) is 4.79 Å². The molecule has 4 nitrogen and oxygen atoms in total. The molecule has 0 unspecified atom stereocenters. The van der Waals surface area contributed by atoms with E-state index >= 15 is 0 Å². The van der Waals surface area contributed by atoms with E-state index in [1.54, 1.807) is 0 Å². The number of ether oxygens (including phenoxy) is 1. The average molecular weight is 309 g/mol. The van der Waals surface area contributed by atoms with Crippen LogP contribution < -0.4 is 5.32 Å². The lowest BCUT2D eigenvalue weighted by atomic mass is 10.1. The summed E-state index contributed by atoms with van der Waals surface area (Å²) in [5.74, 6) is -0.322. The molecule has 1 rings (SSSR count). The summed E-state index contributed by atoms with van der Waals surface area (Å²) in [7, 11) is 0. The third kappa shape index (κ3) is 8.85. The number of rotatable bonds is 13. The second-order valence-electron chi connectivity index (χ2n) is 6.09. The molecule has 22 heavy (non-hydrogen) atoms. The highest BCUT2D eigenvalue weighted by Crippen LogP contribution is 2.11. The van der Waals surface area contributed by atoms with Crippen LogP contribution in [0.1, 0.15) is 77.0 Å². The van der Waals surface area contributed by atoms with Gasteiger partial charge in [-0.1, -0.05) is 51.0 Å². The minimum absolute atomic E-state index is 0.0496. The molecular weight excluding hydrogens is 278 g/mol. The van der Waals surface area contributed by atoms with Crippen LogP contribution in [0.4, 0.5) is 0 Å². The second kappa shape index (κ2) is 12.2. The number of amides is 1. The lowest BCUT2D eigenvalue weighted by Gasteiger charge is -2.09. The summed E-state index contributed by atoms with van der Waals surface area (Å²) in [6.45, 7) is 4.21. The van der Waals surface area contributed by atoms with Crippen molar-refractivity contribution >= 4 is 11.9 Å². The van der Waals surface area contributed by atoms with E-state index in [1.165, 1.54) is 44.9 Å². The minimum Gasteiger partial charge on any atom is -0.464 e. The molecule has 1 heterocycles. The predicted molar refractivity (Wildman–Crippen MR) is 88.5 cm³/mol. The second-order valence-corrected chi connectivity index (χ2v) is 6.09. The summed E-state index contributed by atoms with van der Waals surface area (Å²) in [6, 6.07) is -0.409. The maximum absolute atomic E-state index is 11.6. The van der Waals surface area contributed by atoms with Crippen LogP contribution in [0, 0.1) is 0 Å². The van der Waals surface area contributed by atoms with Crippen molar-refractivity contribution in [1.29, 1.82) is 0 Å². The largest absolute Gasteiger partial charge is 0.464 e. The summed E-state index contributed by atoms with van der Waals surface area (Å²) >= 11 is 0. The van der Waals surface area contributed by atoms with Crippen molar-refractivity contribution in [3.63, 3.8) is 0 Å². The molecule has 126 valence electrons. The first kappa shape index (κ1) is 18.7. The van der Waals surface area contributed by atoms with E-state index < -0.39 is 6.04 Å². The van der Waals surface area contributed by atoms with E-state index in [9.17, 15) is 9.59 Å². The molecule has 0 aromatic rings. The van der Waals surface area contributed by atoms with Gasteiger partial charge in [-0.15, -0.1) is 6.58 Å². The van der Waals surface area contributed by atoms with E-state index in [-0.39, 0.29) is 11.9 Å². The Labute approximate surface area is 134 Å². The molecule has 1 atom stereocenters. The SMILES string of the molecule is C=CCCCCCCCCCCCOC(=O)[C@@H]1CCC(=O)N1. The molecule has 1 aliphatic rings. The Kier molecular flexibility index (Phi) is 10.4. The van der Waals surface area contributed by atoms with Gasteiger partial charge in [0.1, 0.15) is 6.04 Å². The van der Waals surface area contributed by atoms with Crippen molar-refractivity contribution in [3.8, 4) is 0 Å². The van der Waals surface area contributed by atoms with Gasteiger partial charge in [0.05, 0.1) is 6.61 Å². The van der Waals surface area contributed by atoms with Crippen LogP contribution >= 0.6 is 0 Å². The zero-order valence-electron chi connectivity index (χ0n) is 13.8. The summed E-state index contributed by atoms with van der Waals surface area (Å²) < 4.78 is 5.20. The van der Waals surface area contributed by atoms with Crippen LogP contribution in [-0.2, 0) is 14.3 Å². The van der Waals surface area contributed by atoms with Crippen LogP contribution in [0.25, 0.3) is 0 Å². The van der Waals surface area contributed by atoms with Crippen LogP contribution in [0.3, 0.4) is 0 Å². The van der Waals surface area contributed by atoms with E-state index in [0.717, 1.165) is 19.3 Å². The Balaban J connectivity index is 1.81. The van der Waals surface area contributed by atoms with Gasteiger partial charge in [-0.3, -0.25) is 4.79 Å². The summed E-state index contributed by atoms with van der Waals surface area (Å²) in [5.41, 5.74) is 0. The van der Waals surface area contributed by atoms with Gasteiger partial charge < -0.3 is 10.1 Å². The van der Waals surface area contributed by atoms with Gasteiger partial charge in [-0.05, 0) is 25.7 Å². The highest BCUT2D eigenvalue weighted by Gasteiger charge is 2.28. The monoisotopic (exact) mass is 309 g/mol. The first-order valence-electron chi connectivity index (χ1n) is 8.81. The van der Waals surface area contributed by atoms with E-state index in [0.29, 0.717) is 19.4 Å². The van der Waals surface area contributed by atoms with Gasteiger partial charge in [0.15, 0.2) is 0 Å². The maximum Gasteiger partial charge on any atom is 0.328 e. The fourth-order valence-corrected chi connectivity index (χ4v) is 2.69. The number of esters is 1. The van der Waals surface area contributed by atoms with Crippen LogP contribution in [-0.4, -0.2) is 24.5 Å². The molecule has 0 spiro atoms. The van der Waals surface area contributed by atoms with Crippen LogP contribution in [0.5, 0.6) is 0 Å². The van der Waals surface area contributed by atoms with E-state index in [1.807, 2.05) is 6.08 Å². The lowest BCUT2D eigenvalue weighted by Crippen LogP contribution is -2.34. The fourth-order valence-electron chi connectivity index (χ4n) is 2.69. The molecule has 1 amide bonds. The first-order valence-corrected chi connectivity index (χ1v) is 8.81. The Morgan fingerprint density at radius 1 is 1.09 bits per heavy atom. The van der Waals surface area contributed by atoms with Crippen molar-refractivity contribution in [3.05, 3.63) is 12.7 Å². The number of carbonyl (C=O) groups is 2. The smallest absolute Gasteiger partial charge is 0.328 e. The zero-order valence-corrected chi connectivity index (χ0v) is 13.8. The van der Waals surface area contributed by atoms with Crippen molar-refractivity contribution in [2.45, 2.75) is 83.1 Å². The van der Waals surface area contributed by atoms with Gasteiger partial charge >= 0.3 is 5.97 Å². The lowest BCUT2D eigenvalue weighted by molar-refractivity contribution is -0.146. The Morgan fingerprint density at radius 3 is 2.23 bits per heavy atom. The molecule has 0 aliphatic carbocycles. The molecule has 0 aromatic carbocycles. The third-order valence-electron chi connectivity index (χ3n) is 4.08. The number of nitrogens with one attached hydrogen (secondary N) is 1. The number of allylic oxidation sites excluding steroid dienone is 1. The van der Waals surface area contributed by atoms with Crippen molar-refractivity contribution < 1.29 is 14.3 Å². The van der Waals surface area contributed by atoms with Crippen molar-refractivity contribution in [2.24, 2.45) is 0 Å². The average Bonchev–Trinajstić information content (AvgIpc) is 2.95. The van der Waals surface area contributed by atoms with E-state index in [4.69, 9.17) is 4.74 Å². The standard InChI is InChI=1S/C18H31NO3/c1-2-3-4-5-6-7-8-9-10-11-12-15-22-18(21)16-13-14-17(20)19-16/h2,16H,1,3-15H2,(H,19,20)/t16-/m0/s1. The molecule has 0 bridgehead atoms. The van der Waals surface area contributed by atoms with Gasteiger partial charge in [-0.2, -0.15) is 0 Å². The number of hydrogen-bond donors (Lipinski definition) is 1. The molecule has 4 heteroatoms. The highest BCUT2D eigenvalue weighted by molar-refractivity contribution is 5.87. The normalized spacial score (nSPS) is 17.3. The van der Waals surface area contributed by atoms with Crippen molar-refractivity contribution in [1.82, 2.24) is 5.32 Å². The topological polar surface area (TPSA) is 55.4 Å². The molecule has 0 saturated carbocycles. The Morgan fingerprint density at radius 2 is 1.68 bits per heavy atom. The van der Waals surface area contributed by atoms with Crippen LogP contribution in [0.15, 0.2) is 12.7 Å². The van der Waals surface area contributed by atoms with E-state index in [2.05, 4.69) is 11.9 Å². The van der Waals surface area contributed by atoms with Crippen LogP contribution in [0.2, 0.25) is 0 Å². The molecule has 0 radical (unpaired) electrons. The molecule has 1 fully saturated rings. The third-order valence-corrected chi connectivity index (χ3v) is 4.08. The number of hydrogen-bond acceptors (Lipinski definition) is 3. The Hall–Kier alpha value is -1.32. The number of carbonyl (C=O) groups excluding carboxylic acids is 2. The predicted octanol–water partition coefficient (Wildman–Crippen LogP) is 3.90. The maximum atomic E-state index is 11.6. The quantitative estimate of drug-likeness (QED) is 0.319. The molecule has 1 aliphatic heterocycles. The van der Waals surface area contributed by atoms with Gasteiger partial charge in [0.25, 0.3) is 0 Å². The molecule has 0 aromatic heterocycles. The zero-order chi connectivity index (χ0) is 16.0. The van der Waals surface area contributed by atoms with Crippen molar-refractivity contribution in [2.75, 3.05) is 6.61 Å². The molecule has 1 saturated heterocycles. The van der Waals surface area contributed by atoms with Gasteiger partial charge in [0, 0.05) is 6.42 Å². The number of unbranched alkanes of at least 4 members (excludes halogenated alkanes) is 9. The summed E-state index contributed by atoms with van der Waals surface area (Å²) in [6.07, 6.45) is 15.2. The Bertz CT molecular complexity index is 341. The molecular formula is C18H31NO3. The van der Waals surface area contributed by atoms with Gasteiger partial charge in [0.2, 0.25) is 5.91 Å². The molecule has 1 N–H and O–H groups in total.